The van der Waals surface area contributed by atoms with Crippen molar-refractivity contribution in [1.82, 2.24) is 0 Å². The lowest BCUT2D eigenvalue weighted by molar-refractivity contribution is -0.132. The van der Waals surface area contributed by atoms with Crippen molar-refractivity contribution in [1.29, 1.82) is 0 Å². The zero-order chi connectivity index (χ0) is 23.7. The summed E-state index contributed by atoms with van der Waals surface area (Å²) in [6.07, 6.45) is 18.1. The maximum atomic E-state index is 7.58. The summed E-state index contributed by atoms with van der Waals surface area (Å²) in [4.78, 5) is 0. The zero-order valence-electron chi connectivity index (χ0n) is 22.8. The highest BCUT2D eigenvalue weighted by molar-refractivity contribution is 5.32. The Balaban J connectivity index is 1.40. The molecule has 0 N–H and O–H groups in total. The molecule has 0 aromatic rings. The maximum absolute atomic E-state index is 7.58. The molecule has 6 aliphatic carbocycles. The molecule has 0 radical (unpaired) electrons. The fourth-order valence-electron chi connectivity index (χ4n) is 11.0. The number of ether oxygens (including phenoxy) is 1. The topological polar surface area (TPSA) is 9.23 Å². The third-order valence-corrected chi connectivity index (χ3v) is 13.0. The molecule has 2 spiro atoms. The molecule has 1 nitrogen and oxygen atoms in total. The third kappa shape index (κ3) is 2.87. The van der Waals surface area contributed by atoms with Crippen molar-refractivity contribution in [2.24, 2.45) is 44.3 Å². The first kappa shape index (κ1) is 22.9. The SMILES string of the molecule is C=C1CC[C@@]23C[C@]2(C)CCCC(C)(C)[C@H]3[C@@H]1O[C@@H]1C(C)=CC[C@@]23C[C@]2(C)CCCC(C)(C)[C@@H]13. The Bertz CT molecular complexity index is 907. The van der Waals surface area contributed by atoms with Crippen LogP contribution in [0.1, 0.15) is 119 Å². The Kier molecular flexibility index (Phi) is 4.57. The molecule has 0 unspecified atom stereocenters. The predicted molar refractivity (Wildman–Crippen MR) is 138 cm³/mol. The second-order valence-corrected chi connectivity index (χ2v) is 15.7. The van der Waals surface area contributed by atoms with Crippen molar-refractivity contribution in [3.05, 3.63) is 23.8 Å². The van der Waals surface area contributed by atoms with Crippen molar-refractivity contribution in [2.75, 3.05) is 0 Å². The van der Waals surface area contributed by atoms with Gasteiger partial charge in [0.2, 0.25) is 0 Å². The van der Waals surface area contributed by atoms with E-state index in [1.807, 2.05) is 0 Å². The standard InChI is InChI=1S/C32H50O/c1-21-11-17-31-19-29(31,7)15-9-13-27(3,4)25(31)23(21)33-24-22(2)12-18-32-20-30(32,8)16-10-14-28(5,6)26(24)32/h12,23-26H,1,9-11,13-20H2,2-8H3/t23-,24-,25-,26-,29+,30+,31+,32+/m1/s1. The fraction of sp³-hybridized carbons (Fsp3) is 0.875. The first-order valence-electron chi connectivity index (χ1n) is 14.3. The fourth-order valence-corrected chi connectivity index (χ4v) is 11.0. The quantitative estimate of drug-likeness (QED) is 0.382. The smallest absolute Gasteiger partial charge is 0.0829 e. The van der Waals surface area contributed by atoms with Gasteiger partial charge in [-0.2, -0.15) is 0 Å². The molecule has 33 heavy (non-hydrogen) atoms. The minimum absolute atomic E-state index is 0.237. The van der Waals surface area contributed by atoms with Crippen LogP contribution in [0.15, 0.2) is 23.8 Å². The van der Waals surface area contributed by atoms with E-state index in [1.165, 1.54) is 81.8 Å². The highest BCUT2D eigenvalue weighted by Crippen LogP contribution is 2.81. The summed E-state index contributed by atoms with van der Waals surface area (Å²) in [5.74, 6) is 1.27. The molecule has 0 amide bonds. The number of rotatable bonds is 2. The Morgan fingerprint density at radius 3 is 1.94 bits per heavy atom. The van der Waals surface area contributed by atoms with Crippen LogP contribution < -0.4 is 0 Å². The number of hydrogen-bond donors (Lipinski definition) is 0. The molecule has 184 valence electrons. The second-order valence-electron chi connectivity index (χ2n) is 15.7. The summed E-state index contributed by atoms with van der Waals surface area (Å²) < 4.78 is 7.58. The first-order chi connectivity index (χ1) is 15.3. The molecule has 1 heteroatoms. The number of hydrogen-bond acceptors (Lipinski definition) is 1. The van der Waals surface area contributed by atoms with Crippen LogP contribution in [0.2, 0.25) is 0 Å². The Hall–Kier alpha value is -0.560. The van der Waals surface area contributed by atoms with Gasteiger partial charge >= 0.3 is 0 Å². The molecule has 0 heterocycles. The van der Waals surface area contributed by atoms with E-state index in [0.29, 0.717) is 44.3 Å². The molecule has 0 bridgehead atoms. The second kappa shape index (κ2) is 6.60. The van der Waals surface area contributed by atoms with E-state index in [9.17, 15) is 0 Å². The normalized spacial score (nSPS) is 53.9. The molecular weight excluding hydrogens is 400 g/mol. The van der Waals surface area contributed by atoms with Crippen molar-refractivity contribution < 1.29 is 4.74 Å². The summed E-state index contributed by atoms with van der Waals surface area (Å²) in [5.41, 5.74) is 5.65. The predicted octanol–water partition coefficient (Wildman–Crippen LogP) is 8.89. The van der Waals surface area contributed by atoms with Gasteiger partial charge in [-0.25, -0.2) is 0 Å². The monoisotopic (exact) mass is 450 g/mol. The van der Waals surface area contributed by atoms with Gasteiger partial charge in [-0.05, 0) is 108 Å². The largest absolute Gasteiger partial charge is 0.366 e. The number of allylic oxidation sites excluding steroid dienone is 1. The summed E-state index contributed by atoms with van der Waals surface area (Å²) in [6, 6.07) is 0. The Morgan fingerprint density at radius 1 is 0.758 bits per heavy atom. The molecule has 0 aliphatic heterocycles. The van der Waals surface area contributed by atoms with E-state index >= 15 is 0 Å². The summed E-state index contributed by atoms with van der Waals surface area (Å²) in [6.45, 7) is 22.6. The first-order valence-corrected chi connectivity index (χ1v) is 14.3. The van der Waals surface area contributed by atoms with Crippen LogP contribution in [0.5, 0.6) is 0 Å². The maximum Gasteiger partial charge on any atom is 0.0829 e. The van der Waals surface area contributed by atoms with Gasteiger partial charge in [0.05, 0.1) is 12.2 Å². The molecule has 0 saturated heterocycles. The zero-order valence-corrected chi connectivity index (χ0v) is 22.8. The van der Waals surface area contributed by atoms with E-state index in [1.54, 1.807) is 0 Å². The van der Waals surface area contributed by atoms with Crippen molar-refractivity contribution in [3.8, 4) is 0 Å². The van der Waals surface area contributed by atoms with Gasteiger partial charge in [0.15, 0.2) is 0 Å². The van der Waals surface area contributed by atoms with Gasteiger partial charge in [-0.3, -0.25) is 0 Å². The molecule has 6 aliphatic rings. The van der Waals surface area contributed by atoms with E-state index < -0.39 is 0 Å². The molecule has 5 fully saturated rings. The van der Waals surface area contributed by atoms with E-state index in [4.69, 9.17) is 11.3 Å². The van der Waals surface area contributed by atoms with Crippen molar-refractivity contribution in [2.45, 2.75) is 131 Å². The van der Waals surface area contributed by atoms with E-state index in [-0.39, 0.29) is 12.2 Å². The lowest BCUT2D eigenvalue weighted by Crippen LogP contribution is -2.52. The average Bonchev–Trinajstić information content (AvgIpc) is 3.51. The molecule has 6 rings (SSSR count). The lowest BCUT2D eigenvalue weighted by atomic mass is 9.58. The molecule has 0 aromatic heterocycles. The van der Waals surface area contributed by atoms with Gasteiger partial charge in [0, 0.05) is 11.8 Å². The van der Waals surface area contributed by atoms with Crippen LogP contribution in [0, 0.1) is 44.3 Å². The molecule has 8 atom stereocenters. The Morgan fingerprint density at radius 2 is 1.30 bits per heavy atom. The highest BCUT2D eigenvalue weighted by atomic mass is 16.5. The van der Waals surface area contributed by atoms with Crippen molar-refractivity contribution >= 4 is 0 Å². The van der Waals surface area contributed by atoms with E-state index in [2.05, 4.69) is 54.5 Å². The highest BCUT2D eigenvalue weighted by Gasteiger charge is 2.74. The van der Waals surface area contributed by atoms with Gasteiger partial charge in [-0.15, -0.1) is 0 Å². The third-order valence-electron chi connectivity index (χ3n) is 13.0. The van der Waals surface area contributed by atoms with Gasteiger partial charge in [0.1, 0.15) is 0 Å². The van der Waals surface area contributed by atoms with Gasteiger partial charge in [0.25, 0.3) is 0 Å². The van der Waals surface area contributed by atoms with Gasteiger partial charge < -0.3 is 4.74 Å². The van der Waals surface area contributed by atoms with Crippen LogP contribution in [0.3, 0.4) is 0 Å². The summed E-state index contributed by atoms with van der Waals surface area (Å²) in [5, 5.41) is 0. The van der Waals surface area contributed by atoms with Gasteiger partial charge in [-0.1, -0.05) is 67.0 Å². The summed E-state index contributed by atoms with van der Waals surface area (Å²) >= 11 is 0. The van der Waals surface area contributed by atoms with Crippen LogP contribution in [-0.2, 0) is 4.74 Å². The van der Waals surface area contributed by atoms with E-state index in [0.717, 1.165) is 0 Å². The van der Waals surface area contributed by atoms with Crippen LogP contribution >= 0.6 is 0 Å². The Labute approximate surface area is 204 Å². The van der Waals surface area contributed by atoms with Crippen LogP contribution in [0.4, 0.5) is 0 Å². The van der Waals surface area contributed by atoms with Crippen LogP contribution in [-0.4, -0.2) is 12.2 Å². The molecule has 0 aromatic carbocycles. The van der Waals surface area contributed by atoms with Crippen LogP contribution in [0.25, 0.3) is 0 Å². The lowest BCUT2D eigenvalue weighted by Gasteiger charge is -2.53. The average molecular weight is 451 g/mol. The minimum atomic E-state index is 0.237. The molecular formula is C32H50O. The van der Waals surface area contributed by atoms with Crippen molar-refractivity contribution in [3.63, 3.8) is 0 Å². The summed E-state index contributed by atoms with van der Waals surface area (Å²) in [7, 11) is 0. The molecule has 5 saturated carbocycles. The minimum Gasteiger partial charge on any atom is -0.366 e.